The Balaban J connectivity index is 1.76. The minimum atomic E-state index is -0.366. The third kappa shape index (κ3) is 3.55. The number of hydrogen-bond donors (Lipinski definition) is 1. The van der Waals surface area contributed by atoms with E-state index in [0.29, 0.717) is 11.5 Å². The largest absolute Gasteiger partial charge is 0.465 e. The van der Waals surface area contributed by atoms with E-state index in [1.165, 1.54) is 7.11 Å². The normalized spacial score (nSPS) is 10.6. The number of aromatic nitrogens is 2. The highest BCUT2D eigenvalue weighted by Crippen LogP contribution is 2.29. The summed E-state index contributed by atoms with van der Waals surface area (Å²) < 4.78 is 4.73. The van der Waals surface area contributed by atoms with Crippen LogP contribution in [0.5, 0.6) is 0 Å². The lowest BCUT2D eigenvalue weighted by Crippen LogP contribution is -2.02. The monoisotopic (exact) mass is 369 g/mol. The molecule has 5 heteroatoms. The number of fused-ring (bicyclic) bond motifs is 1. The fraction of sp³-hybridized carbons (Fsp3) is 0.0870. The second-order valence-electron chi connectivity index (χ2n) is 6.48. The van der Waals surface area contributed by atoms with Gasteiger partial charge in [-0.3, -0.25) is 0 Å². The summed E-state index contributed by atoms with van der Waals surface area (Å²) in [6.45, 7) is 2.06. The van der Waals surface area contributed by atoms with Gasteiger partial charge in [-0.1, -0.05) is 42.0 Å². The Kier molecular flexibility index (Phi) is 4.72. The molecule has 0 atom stereocenters. The first-order valence-corrected chi connectivity index (χ1v) is 8.93. The Morgan fingerprint density at radius 3 is 2.39 bits per heavy atom. The van der Waals surface area contributed by atoms with E-state index in [1.807, 2.05) is 42.5 Å². The molecular formula is C23H19N3O2. The maximum absolute atomic E-state index is 11.6. The number of hydrogen-bond acceptors (Lipinski definition) is 5. The van der Waals surface area contributed by atoms with Crippen LogP contribution in [-0.4, -0.2) is 23.0 Å². The first-order chi connectivity index (χ1) is 13.6. The summed E-state index contributed by atoms with van der Waals surface area (Å²) in [4.78, 5) is 21.0. The lowest BCUT2D eigenvalue weighted by Gasteiger charge is -2.11. The first-order valence-electron chi connectivity index (χ1n) is 8.93. The molecule has 138 valence electrons. The molecule has 5 nitrogen and oxygen atoms in total. The molecule has 3 aromatic carbocycles. The van der Waals surface area contributed by atoms with Crippen LogP contribution in [0.15, 0.2) is 72.8 Å². The number of carbonyl (C=O) groups excluding carboxylic acids is 1. The maximum atomic E-state index is 11.6. The third-order valence-electron chi connectivity index (χ3n) is 4.46. The van der Waals surface area contributed by atoms with Gasteiger partial charge in [-0.15, -0.1) is 0 Å². The average molecular weight is 369 g/mol. The highest BCUT2D eigenvalue weighted by Gasteiger charge is 2.11. The SMILES string of the molecule is COC(=O)c1ccc(Nc2nc(-c3ccccc3)c3cc(C)ccc3n2)cc1. The van der Waals surface area contributed by atoms with Crippen molar-refractivity contribution in [1.82, 2.24) is 9.97 Å². The molecule has 0 radical (unpaired) electrons. The van der Waals surface area contributed by atoms with E-state index in [2.05, 4.69) is 23.3 Å². The van der Waals surface area contributed by atoms with Gasteiger partial charge in [-0.25, -0.2) is 14.8 Å². The van der Waals surface area contributed by atoms with E-state index in [-0.39, 0.29) is 5.97 Å². The molecule has 0 amide bonds. The number of anilines is 2. The van der Waals surface area contributed by atoms with Gasteiger partial charge in [0, 0.05) is 16.6 Å². The summed E-state index contributed by atoms with van der Waals surface area (Å²) in [6.07, 6.45) is 0. The second-order valence-corrected chi connectivity index (χ2v) is 6.48. The fourth-order valence-corrected chi connectivity index (χ4v) is 3.05. The smallest absolute Gasteiger partial charge is 0.337 e. The molecule has 4 rings (SSSR count). The Morgan fingerprint density at radius 1 is 0.929 bits per heavy atom. The summed E-state index contributed by atoms with van der Waals surface area (Å²) in [7, 11) is 1.37. The van der Waals surface area contributed by atoms with Crippen molar-refractivity contribution in [3.8, 4) is 11.3 Å². The van der Waals surface area contributed by atoms with Gasteiger partial charge in [0.05, 0.1) is 23.9 Å². The Bertz CT molecular complexity index is 1140. The molecule has 4 aromatic rings. The van der Waals surface area contributed by atoms with Crippen LogP contribution in [0.2, 0.25) is 0 Å². The molecule has 1 N–H and O–H groups in total. The lowest BCUT2D eigenvalue weighted by molar-refractivity contribution is 0.0601. The fourth-order valence-electron chi connectivity index (χ4n) is 3.05. The third-order valence-corrected chi connectivity index (χ3v) is 4.46. The summed E-state index contributed by atoms with van der Waals surface area (Å²) >= 11 is 0. The summed E-state index contributed by atoms with van der Waals surface area (Å²) in [5.74, 6) is 0.135. The second kappa shape index (κ2) is 7.48. The number of esters is 1. The van der Waals surface area contributed by atoms with Crippen LogP contribution in [0.4, 0.5) is 11.6 Å². The summed E-state index contributed by atoms with van der Waals surface area (Å²) in [6, 6.07) is 23.2. The molecule has 0 fully saturated rings. The van der Waals surface area contributed by atoms with Gasteiger partial charge in [0.15, 0.2) is 0 Å². The van der Waals surface area contributed by atoms with Gasteiger partial charge in [-0.2, -0.15) is 0 Å². The molecule has 0 bridgehead atoms. The number of ether oxygens (including phenoxy) is 1. The van der Waals surface area contributed by atoms with E-state index in [0.717, 1.165) is 33.4 Å². The predicted molar refractivity (Wildman–Crippen MR) is 111 cm³/mol. The zero-order valence-electron chi connectivity index (χ0n) is 15.6. The zero-order valence-corrected chi connectivity index (χ0v) is 15.6. The topological polar surface area (TPSA) is 64.1 Å². The van der Waals surface area contributed by atoms with Crippen molar-refractivity contribution < 1.29 is 9.53 Å². The Labute approximate surface area is 163 Å². The molecule has 0 saturated carbocycles. The van der Waals surface area contributed by atoms with Gasteiger partial charge in [0.25, 0.3) is 0 Å². The number of rotatable bonds is 4. The molecule has 28 heavy (non-hydrogen) atoms. The highest BCUT2D eigenvalue weighted by atomic mass is 16.5. The minimum Gasteiger partial charge on any atom is -0.465 e. The van der Waals surface area contributed by atoms with Crippen LogP contribution < -0.4 is 5.32 Å². The van der Waals surface area contributed by atoms with Crippen molar-refractivity contribution in [3.05, 3.63) is 83.9 Å². The molecule has 0 spiro atoms. The molecule has 1 heterocycles. The van der Waals surface area contributed by atoms with Crippen LogP contribution in [0.25, 0.3) is 22.2 Å². The molecule has 0 aliphatic rings. The van der Waals surface area contributed by atoms with Crippen LogP contribution in [0, 0.1) is 6.92 Å². The molecule has 0 aliphatic heterocycles. The van der Waals surface area contributed by atoms with Crippen molar-refractivity contribution in [2.45, 2.75) is 6.92 Å². The highest BCUT2D eigenvalue weighted by molar-refractivity contribution is 5.94. The predicted octanol–water partition coefficient (Wildman–Crippen LogP) is 5.14. The van der Waals surface area contributed by atoms with Crippen LogP contribution in [-0.2, 0) is 4.74 Å². The number of aryl methyl sites for hydroxylation is 1. The standard InChI is InChI=1S/C23H19N3O2/c1-15-8-13-20-19(14-15)21(16-6-4-3-5-7-16)26-23(25-20)24-18-11-9-17(10-12-18)22(27)28-2/h3-14H,1-2H3,(H,24,25,26). The number of nitrogens with one attached hydrogen (secondary N) is 1. The van der Waals surface area contributed by atoms with E-state index < -0.39 is 0 Å². The van der Waals surface area contributed by atoms with Gasteiger partial charge < -0.3 is 10.1 Å². The molecular weight excluding hydrogens is 350 g/mol. The Morgan fingerprint density at radius 2 is 1.68 bits per heavy atom. The van der Waals surface area contributed by atoms with Crippen molar-refractivity contribution >= 4 is 28.5 Å². The lowest BCUT2D eigenvalue weighted by atomic mass is 10.0. The van der Waals surface area contributed by atoms with Crippen molar-refractivity contribution in [3.63, 3.8) is 0 Å². The number of benzene rings is 3. The average Bonchev–Trinajstić information content (AvgIpc) is 2.74. The van der Waals surface area contributed by atoms with E-state index >= 15 is 0 Å². The summed E-state index contributed by atoms with van der Waals surface area (Å²) in [5.41, 5.74) is 5.22. The number of methoxy groups -OCH3 is 1. The van der Waals surface area contributed by atoms with Gasteiger partial charge in [0.2, 0.25) is 5.95 Å². The van der Waals surface area contributed by atoms with Crippen molar-refractivity contribution in [1.29, 1.82) is 0 Å². The van der Waals surface area contributed by atoms with E-state index in [9.17, 15) is 4.79 Å². The maximum Gasteiger partial charge on any atom is 0.337 e. The minimum absolute atomic E-state index is 0.366. The number of nitrogens with zero attached hydrogens (tertiary/aromatic N) is 2. The van der Waals surface area contributed by atoms with Crippen LogP contribution >= 0.6 is 0 Å². The molecule has 0 unspecified atom stereocenters. The molecule has 0 saturated heterocycles. The molecule has 1 aromatic heterocycles. The Hall–Kier alpha value is -3.73. The number of carbonyl (C=O) groups is 1. The summed E-state index contributed by atoms with van der Waals surface area (Å²) in [5, 5.41) is 4.24. The van der Waals surface area contributed by atoms with E-state index in [1.54, 1.807) is 24.3 Å². The zero-order chi connectivity index (χ0) is 19.5. The van der Waals surface area contributed by atoms with Gasteiger partial charge in [-0.05, 0) is 43.3 Å². The first kappa shape index (κ1) is 17.7. The van der Waals surface area contributed by atoms with E-state index in [4.69, 9.17) is 9.72 Å². The van der Waals surface area contributed by atoms with Gasteiger partial charge >= 0.3 is 5.97 Å². The van der Waals surface area contributed by atoms with Gasteiger partial charge in [0.1, 0.15) is 0 Å². The van der Waals surface area contributed by atoms with Crippen molar-refractivity contribution in [2.24, 2.45) is 0 Å². The molecule has 0 aliphatic carbocycles. The van der Waals surface area contributed by atoms with Crippen molar-refractivity contribution in [2.75, 3.05) is 12.4 Å². The quantitative estimate of drug-likeness (QED) is 0.505. The van der Waals surface area contributed by atoms with Crippen LogP contribution in [0.1, 0.15) is 15.9 Å². The van der Waals surface area contributed by atoms with Crippen LogP contribution in [0.3, 0.4) is 0 Å².